The first-order chi connectivity index (χ1) is 8.95. The van der Waals surface area contributed by atoms with Gasteiger partial charge >= 0.3 is 11.9 Å². The van der Waals surface area contributed by atoms with Crippen LogP contribution in [0.1, 0.15) is 20.3 Å². The molecule has 0 saturated carbocycles. The predicted molar refractivity (Wildman–Crippen MR) is 62.2 cm³/mol. The molecule has 7 heteroatoms. The van der Waals surface area contributed by atoms with E-state index in [1.807, 2.05) is 0 Å². The molecule has 19 heavy (non-hydrogen) atoms. The van der Waals surface area contributed by atoms with Crippen LogP contribution in [0.2, 0.25) is 0 Å². The molecule has 1 heterocycles. The van der Waals surface area contributed by atoms with Crippen LogP contribution in [-0.2, 0) is 28.5 Å². The maximum absolute atomic E-state index is 14.1. The second-order valence-corrected chi connectivity index (χ2v) is 4.32. The number of carbonyl (C=O) groups excluding carboxylic acids is 2. The summed E-state index contributed by atoms with van der Waals surface area (Å²) < 4.78 is 34.1. The first-order valence-corrected chi connectivity index (χ1v) is 6.04. The third-order valence-corrected chi connectivity index (χ3v) is 2.74. The van der Waals surface area contributed by atoms with Crippen LogP contribution in [0.25, 0.3) is 0 Å². The lowest BCUT2D eigenvalue weighted by Gasteiger charge is -2.18. The lowest BCUT2D eigenvalue weighted by atomic mass is 10.1. The van der Waals surface area contributed by atoms with E-state index in [9.17, 15) is 14.0 Å². The molecule has 6 nitrogen and oxygen atoms in total. The Labute approximate surface area is 111 Å². The topological polar surface area (TPSA) is 71.1 Å². The molecule has 0 aromatic heterocycles. The van der Waals surface area contributed by atoms with Crippen molar-refractivity contribution >= 4 is 11.9 Å². The van der Waals surface area contributed by atoms with E-state index in [4.69, 9.17) is 18.9 Å². The van der Waals surface area contributed by atoms with Crippen LogP contribution in [0.5, 0.6) is 0 Å². The molecular formula is C12H19FO6. The summed E-state index contributed by atoms with van der Waals surface area (Å²) >= 11 is 0. The second-order valence-electron chi connectivity index (χ2n) is 4.32. The summed E-state index contributed by atoms with van der Waals surface area (Å²) in [5.41, 5.74) is 0. The summed E-state index contributed by atoms with van der Waals surface area (Å²) in [6.45, 7) is 2.62. The molecule has 0 bridgehead atoms. The number of hydrogen-bond acceptors (Lipinski definition) is 6. The minimum absolute atomic E-state index is 0.142. The van der Waals surface area contributed by atoms with Crippen molar-refractivity contribution in [1.82, 2.24) is 0 Å². The van der Waals surface area contributed by atoms with Crippen LogP contribution in [-0.4, -0.2) is 56.7 Å². The van der Waals surface area contributed by atoms with Crippen molar-refractivity contribution in [1.29, 1.82) is 0 Å². The number of halogens is 1. The Morgan fingerprint density at radius 1 is 1.21 bits per heavy atom. The summed E-state index contributed by atoms with van der Waals surface area (Å²) in [7, 11) is 1.50. The highest BCUT2D eigenvalue weighted by Gasteiger charge is 2.47. The Bertz CT molecular complexity index is 321. The van der Waals surface area contributed by atoms with Gasteiger partial charge in [-0.1, -0.05) is 0 Å². The Kier molecular flexibility index (Phi) is 6.17. The van der Waals surface area contributed by atoms with Gasteiger partial charge in [0.15, 0.2) is 12.3 Å². The number of carbonyl (C=O) groups is 2. The Hall–Kier alpha value is -1.21. The van der Waals surface area contributed by atoms with Gasteiger partial charge in [-0.05, 0) is 6.42 Å². The summed E-state index contributed by atoms with van der Waals surface area (Å²) in [6, 6.07) is 0. The van der Waals surface area contributed by atoms with Gasteiger partial charge in [0.05, 0.1) is 6.10 Å². The van der Waals surface area contributed by atoms with Crippen molar-refractivity contribution in [3.63, 3.8) is 0 Å². The molecule has 0 aromatic carbocycles. The largest absolute Gasteiger partial charge is 0.463 e. The van der Waals surface area contributed by atoms with Crippen LogP contribution < -0.4 is 0 Å². The van der Waals surface area contributed by atoms with Crippen molar-refractivity contribution in [2.45, 2.75) is 44.8 Å². The van der Waals surface area contributed by atoms with Crippen LogP contribution >= 0.6 is 0 Å². The molecular weight excluding hydrogens is 259 g/mol. The molecule has 4 atom stereocenters. The van der Waals surface area contributed by atoms with Gasteiger partial charge < -0.3 is 18.9 Å². The van der Waals surface area contributed by atoms with Crippen molar-refractivity contribution in [2.75, 3.05) is 20.3 Å². The smallest absolute Gasteiger partial charge is 0.303 e. The second kappa shape index (κ2) is 7.40. The molecule has 1 aliphatic heterocycles. The molecule has 0 aromatic rings. The average Bonchev–Trinajstić information content (AvgIpc) is 2.61. The summed E-state index contributed by atoms with van der Waals surface area (Å²) in [5, 5.41) is 0. The van der Waals surface area contributed by atoms with Crippen molar-refractivity contribution in [3.05, 3.63) is 0 Å². The molecule has 0 aliphatic carbocycles. The molecule has 1 aliphatic rings. The fourth-order valence-corrected chi connectivity index (χ4v) is 1.92. The highest BCUT2D eigenvalue weighted by atomic mass is 19.1. The molecule has 110 valence electrons. The highest BCUT2D eigenvalue weighted by Crippen LogP contribution is 2.29. The lowest BCUT2D eigenvalue weighted by Crippen LogP contribution is -2.36. The van der Waals surface area contributed by atoms with Crippen LogP contribution in [0.15, 0.2) is 0 Å². The van der Waals surface area contributed by atoms with Gasteiger partial charge in [0.25, 0.3) is 0 Å². The van der Waals surface area contributed by atoms with E-state index in [2.05, 4.69) is 0 Å². The van der Waals surface area contributed by atoms with Crippen LogP contribution in [0.4, 0.5) is 4.39 Å². The van der Waals surface area contributed by atoms with E-state index in [-0.39, 0.29) is 6.61 Å². The zero-order chi connectivity index (χ0) is 14.4. The van der Waals surface area contributed by atoms with Gasteiger partial charge in [-0.25, -0.2) is 4.39 Å². The van der Waals surface area contributed by atoms with Gasteiger partial charge in [0.1, 0.15) is 12.7 Å². The third-order valence-electron chi connectivity index (χ3n) is 2.74. The standard InChI is InChI=1S/C12H19FO6/c1-7(14)17-6-10-12(18-8(2)15)11(13)9(19-10)4-5-16-3/h9-12H,4-6H2,1-3H3/t9?,10-,11-,12-/m1/s1. The van der Waals surface area contributed by atoms with Crippen molar-refractivity contribution < 1.29 is 32.9 Å². The SMILES string of the molecule is COCCC1O[C@H](COC(C)=O)[C@@H](OC(C)=O)[C@@H]1F. The van der Waals surface area contributed by atoms with Gasteiger partial charge in [-0.3, -0.25) is 9.59 Å². The number of ether oxygens (including phenoxy) is 4. The van der Waals surface area contributed by atoms with Crippen LogP contribution in [0.3, 0.4) is 0 Å². The van der Waals surface area contributed by atoms with E-state index >= 15 is 0 Å². The van der Waals surface area contributed by atoms with Crippen molar-refractivity contribution in [3.8, 4) is 0 Å². The van der Waals surface area contributed by atoms with Crippen LogP contribution in [0, 0.1) is 0 Å². The molecule has 1 rings (SSSR count). The van der Waals surface area contributed by atoms with E-state index in [0.717, 1.165) is 0 Å². The lowest BCUT2D eigenvalue weighted by molar-refractivity contribution is -0.156. The van der Waals surface area contributed by atoms with E-state index < -0.39 is 36.4 Å². The van der Waals surface area contributed by atoms with Gasteiger partial charge in [-0.2, -0.15) is 0 Å². The zero-order valence-electron chi connectivity index (χ0n) is 11.3. The molecule has 0 radical (unpaired) electrons. The molecule has 1 unspecified atom stereocenters. The van der Waals surface area contributed by atoms with Gasteiger partial charge in [0, 0.05) is 27.6 Å². The first kappa shape index (κ1) is 15.8. The summed E-state index contributed by atoms with van der Waals surface area (Å²) in [4.78, 5) is 21.7. The first-order valence-electron chi connectivity index (χ1n) is 6.04. The fraction of sp³-hybridized carbons (Fsp3) is 0.833. The van der Waals surface area contributed by atoms with Crippen molar-refractivity contribution in [2.24, 2.45) is 0 Å². The van der Waals surface area contributed by atoms with Gasteiger partial charge in [-0.15, -0.1) is 0 Å². The number of hydrogen-bond donors (Lipinski definition) is 0. The number of methoxy groups -OCH3 is 1. The maximum atomic E-state index is 14.1. The Morgan fingerprint density at radius 3 is 2.42 bits per heavy atom. The highest BCUT2D eigenvalue weighted by molar-refractivity contribution is 5.66. The Morgan fingerprint density at radius 2 is 1.89 bits per heavy atom. The molecule has 1 saturated heterocycles. The quantitative estimate of drug-likeness (QED) is 0.663. The molecule has 0 N–H and O–H groups in total. The predicted octanol–water partition coefficient (Wildman–Crippen LogP) is 0.623. The summed E-state index contributed by atoms with van der Waals surface area (Å²) in [6.07, 6.45) is -3.70. The normalized spacial score (nSPS) is 30.1. The Balaban J connectivity index is 2.63. The average molecular weight is 278 g/mol. The number of esters is 2. The van der Waals surface area contributed by atoms with E-state index in [0.29, 0.717) is 13.0 Å². The molecule has 0 amide bonds. The number of alkyl halides is 1. The zero-order valence-corrected chi connectivity index (χ0v) is 11.3. The minimum Gasteiger partial charge on any atom is -0.463 e. The monoisotopic (exact) mass is 278 g/mol. The number of rotatable bonds is 6. The maximum Gasteiger partial charge on any atom is 0.303 e. The minimum atomic E-state index is -1.46. The van der Waals surface area contributed by atoms with E-state index in [1.54, 1.807) is 0 Å². The molecule has 1 fully saturated rings. The molecule has 0 spiro atoms. The fourth-order valence-electron chi connectivity index (χ4n) is 1.92. The summed E-state index contributed by atoms with van der Waals surface area (Å²) in [5.74, 6) is -1.10. The van der Waals surface area contributed by atoms with Gasteiger partial charge in [0.2, 0.25) is 0 Å². The third kappa shape index (κ3) is 4.76. The van der Waals surface area contributed by atoms with E-state index in [1.165, 1.54) is 21.0 Å².